The third-order valence-corrected chi connectivity index (χ3v) is 2.82. The first-order valence-electron chi connectivity index (χ1n) is 5.16. The average molecular weight is 192 g/mol. The van der Waals surface area contributed by atoms with E-state index in [-0.39, 0.29) is 6.10 Å². The quantitative estimate of drug-likeness (QED) is 0.790. The van der Waals surface area contributed by atoms with Crippen molar-refractivity contribution in [2.45, 2.75) is 25.6 Å². The van der Waals surface area contributed by atoms with Gasteiger partial charge in [0.15, 0.2) is 0 Å². The van der Waals surface area contributed by atoms with E-state index in [0.29, 0.717) is 19.1 Å². The molecule has 2 rings (SSSR count). The molecule has 0 saturated heterocycles. The summed E-state index contributed by atoms with van der Waals surface area (Å²) < 4.78 is 5.53. The second-order valence-corrected chi connectivity index (χ2v) is 3.91. The molecule has 0 amide bonds. The second-order valence-electron chi connectivity index (χ2n) is 3.91. The molecule has 14 heavy (non-hydrogen) atoms. The Hall–Kier alpha value is -0.860. The Morgan fingerprint density at radius 1 is 1.21 bits per heavy atom. The molecule has 2 atom stereocenters. The molecular weight excluding hydrogens is 176 g/mol. The van der Waals surface area contributed by atoms with E-state index in [9.17, 15) is 5.11 Å². The fourth-order valence-electron chi connectivity index (χ4n) is 1.65. The van der Waals surface area contributed by atoms with Crippen LogP contribution in [0.4, 0.5) is 0 Å². The van der Waals surface area contributed by atoms with Gasteiger partial charge in [-0.15, -0.1) is 0 Å². The van der Waals surface area contributed by atoms with Crippen molar-refractivity contribution in [1.82, 2.24) is 0 Å². The molecule has 1 aliphatic rings. The lowest BCUT2D eigenvalue weighted by molar-refractivity contribution is -0.0354. The van der Waals surface area contributed by atoms with Gasteiger partial charge in [0.1, 0.15) is 0 Å². The van der Waals surface area contributed by atoms with Crippen LogP contribution in [-0.4, -0.2) is 17.8 Å². The van der Waals surface area contributed by atoms with Crippen molar-refractivity contribution in [3.63, 3.8) is 0 Å². The van der Waals surface area contributed by atoms with E-state index in [1.165, 1.54) is 5.56 Å². The van der Waals surface area contributed by atoms with Crippen molar-refractivity contribution >= 4 is 0 Å². The molecule has 1 fully saturated rings. The van der Waals surface area contributed by atoms with Crippen LogP contribution < -0.4 is 0 Å². The number of hydrogen-bond donors (Lipinski definition) is 1. The molecule has 2 heteroatoms. The van der Waals surface area contributed by atoms with Gasteiger partial charge >= 0.3 is 0 Å². The summed E-state index contributed by atoms with van der Waals surface area (Å²) in [6, 6.07) is 10.1. The van der Waals surface area contributed by atoms with E-state index in [2.05, 4.69) is 12.1 Å². The fourth-order valence-corrected chi connectivity index (χ4v) is 1.65. The third-order valence-electron chi connectivity index (χ3n) is 2.82. The predicted octanol–water partition coefficient (Wildman–Crippen LogP) is 1.97. The second kappa shape index (κ2) is 4.58. The first-order chi connectivity index (χ1) is 6.86. The summed E-state index contributed by atoms with van der Waals surface area (Å²) in [4.78, 5) is 0. The number of aliphatic hydroxyl groups is 1. The Kier molecular flexibility index (Phi) is 3.17. The molecule has 1 aromatic carbocycles. The highest BCUT2D eigenvalue weighted by Crippen LogP contribution is 2.27. The molecule has 1 N–H and O–H groups in total. The zero-order valence-electron chi connectivity index (χ0n) is 8.23. The average Bonchev–Trinajstić information content (AvgIpc) is 2.24. The number of rotatable bonds is 4. The van der Waals surface area contributed by atoms with Gasteiger partial charge in [0, 0.05) is 5.92 Å². The number of benzene rings is 1. The van der Waals surface area contributed by atoms with Crippen LogP contribution in [0.3, 0.4) is 0 Å². The molecule has 1 saturated carbocycles. The Bertz CT molecular complexity index is 271. The van der Waals surface area contributed by atoms with Gasteiger partial charge in [-0.2, -0.15) is 0 Å². The summed E-state index contributed by atoms with van der Waals surface area (Å²) in [6.07, 6.45) is 1.93. The van der Waals surface area contributed by atoms with Gasteiger partial charge in [-0.3, -0.25) is 0 Å². The van der Waals surface area contributed by atoms with Crippen LogP contribution in [0.2, 0.25) is 0 Å². The maximum atomic E-state index is 9.32. The lowest BCUT2D eigenvalue weighted by atomic mass is 9.83. The number of hydrogen-bond acceptors (Lipinski definition) is 2. The zero-order chi connectivity index (χ0) is 9.80. The monoisotopic (exact) mass is 192 g/mol. The maximum Gasteiger partial charge on any atom is 0.0717 e. The molecule has 1 aliphatic carbocycles. The number of aliphatic hydroxyl groups excluding tert-OH is 1. The van der Waals surface area contributed by atoms with Gasteiger partial charge in [0.25, 0.3) is 0 Å². The predicted molar refractivity (Wildman–Crippen MR) is 54.8 cm³/mol. The summed E-state index contributed by atoms with van der Waals surface area (Å²) in [7, 11) is 0. The van der Waals surface area contributed by atoms with E-state index in [1.54, 1.807) is 0 Å². The molecular formula is C12H16O2. The molecule has 1 aromatic rings. The van der Waals surface area contributed by atoms with E-state index < -0.39 is 0 Å². The minimum absolute atomic E-state index is 0.120. The minimum atomic E-state index is -0.120. The van der Waals surface area contributed by atoms with Crippen LogP contribution in [0.1, 0.15) is 18.4 Å². The summed E-state index contributed by atoms with van der Waals surface area (Å²) in [5.74, 6) is 0.374. The van der Waals surface area contributed by atoms with E-state index in [1.807, 2.05) is 18.2 Å². The molecule has 0 aliphatic heterocycles. The zero-order valence-corrected chi connectivity index (χ0v) is 8.23. The highest BCUT2D eigenvalue weighted by molar-refractivity contribution is 5.13. The fraction of sp³-hybridized carbons (Fsp3) is 0.500. The Morgan fingerprint density at radius 3 is 2.57 bits per heavy atom. The minimum Gasteiger partial charge on any atom is -0.393 e. The van der Waals surface area contributed by atoms with Gasteiger partial charge in [-0.25, -0.2) is 0 Å². The smallest absolute Gasteiger partial charge is 0.0717 e. The molecule has 0 aromatic heterocycles. The van der Waals surface area contributed by atoms with Gasteiger partial charge < -0.3 is 9.84 Å². The van der Waals surface area contributed by atoms with E-state index >= 15 is 0 Å². The van der Waals surface area contributed by atoms with Crippen molar-refractivity contribution in [2.24, 2.45) is 5.92 Å². The Balaban J connectivity index is 1.68. The molecule has 0 bridgehead atoms. The van der Waals surface area contributed by atoms with Crippen LogP contribution >= 0.6 is 0 Å². The van der Waals surface area contributed by atoms with Crippen molar-refractivity contribution in [2.75, 3.05) is 6.61 Å². The third kappa shape index (κ3) is 2.34. The van der Waals surface area contributed by atoms with Crippen molar-refractivity contribution < 1.29 is 9.84 Å². The largest absolute Gasteiger partial charge is 0.393 e. The molecule has 2 nitrogen and oxygen atoms in total. The summed E-state index contributed by atoms with van der Waals surface area (Å²) >= 11 is 0. The number of ether oxygens (including phenoxy) is 1. The SMILES string of the molecule is O[C@H]1CC[C@@H]1COCc1ccccc1. The molecule has 0 heterocycles. The van der Waals surface area contributed by atoms with E-state index in [0.717, 1.165) is 12.8 Å². The van der Waals surface area contributed by atoms with E-state index in [4.69, 9.17) is 4.74 Å². The van der Waals surface area contributed by atoms with Crippen LogP contribution in [0, 0.1) is 5.92 Å². The van der Waals surface area contributed by atoms with Crippen molar-refractivity contribution in [3.05, 3.63) is 35.9 Å². The summed E-state index contributed by atoms with van der Waals surface area (Å²) in [5, 5.41) is 9.32. The highest BCUT2D eigenvalue weighted by atomic mass is 16.5. The van der Waals surface area contributed by atoms with Crippen LogP contribution in [0.5, 0.6) is 0 Å². The maximum absolute atomic E-state index is 9.32. The summed E-state index contributed by atoms with van der Waals surface area (Å²) in [6.45, 7) is 1.35. The van der Waals surface area contributed by atoms with Gasteiger partial charge in [0.05, 0.1) is 19.3 Å². The molecule has 76 valence electrons. The highest BCUT2D eigenvalue weighted by Gasteiger charge is 2.28. The van der Waals surface area contributed by atoms with Gasteiger partial charge in [-0.1, -0.05) is 30.3 Å². The van der Waals surface area contributed by atoms with Crippen LogP contribution in [0.15, 0.2) is 30.3 Å². The first-order valence-corrected chi connectivity index (χ1v) is 5.16. The topological polar surface area (TPSA) is 29.5 Å². The van der Waals surface area contributed by atoms with Gasteiger partial charge in [0.2, 0.25) is 0 Å². The molecule has 0 radical (unpaired) electrons. The summed E-state index contributed by atoms with van der Waals surface area (Å²) in [5.41, 5.74) is 1.20. The molecule has 0 spiro atoms. The lowest BCUT2D eigenvalue weighted by Crippen LogP contribution is -2.34. The van der Waals surface area contributed by atoms with Gasteiger partial charge in [-0.05, 0) is 18.4 Å². The first kappa shape index (κ1) is 9.69. The molecule has 0 unspecified atom stereocenters. The van der Waals surface area contributed by atoms with Crippen molar-refractivity contribution in [3.8, 4) is 0 Å². The Morgan fingerprint density at radius 2 is 2.00 bits per heavy atom. The Labute approximate surface area is 84.5 Å². The van der Waals surface area contributed by atoms with Crippen LogP contribution in [-0.2, 0) is 11.3 Å². The normalized spacial score (nSPS) is 25.8. The standard InChI is InChI=1S/C12H16O2/c13-12-7-6-11(12)9-14-8-10-4-2-1-3-5-10/h1-5,11-13H,6-9H2/t11-,12+/m1/s1. The lowest BCUT2D eigenvalue weighted by Gasteiger charge is -2.31. The van der Waals surface area contributed by atoms with Crippen molar-refractivity contribution in [1.29, 1.82) is 0 Å². The van der Waals surface area contributed by atoms with Crippen LogP contribution in [0.25, 0.3) is 0 Å².